The van der Waals surface area contributed by atoms with Gasteiger partial charge in [0.2, 0.25) is 11.7 Å². The maximum atomic E-state index is 12.3. The second-order valence-corrected chi connectivity index (χ2v) is 7.35. The van der Waals surface area contributed by atoms with Crippen LogP contribution in [0.1, 0.15) is 36.0 Å². The average Bonchev–Trinajstić information content (AvgIpc) is 3.17. The second-order valence-electron chi connectivity index (χ2n) is 7.35. The molecule has 0 radical (unpaired) electrons. The molecule has 0 aliphatic heterocycles. The Balaban J connectivity index is 1.75. The summed E-state index contributed by atoms with van der Waals surface area (Å²) in [6, 6.07) is 13.1. The number of aldehydes is 1. The average molecular weight is 393 g/mol. The SMILES string of the molecule is CN(C)CCCCCCNc1ccc2nc(-c3ccccc3)oc2c1C(=O)C=O. The fourth-order valence-electron chi connectivity index (χ4n) is 3.28. The van der Waals surface area contributed by atoms with Crippen LogP contribution in [0.2, 0.25) is 0 Å². The molecular formula is C23H27N3O3. The molecular weight excluding hydrogens is 366 g/mol. The lowest BCUT2D eigenvalue weighted by molar-refractivity contribution is -0.104. The zero-order chi connectivity index (χ0) is 20.6. The molecule has 0 fully saturated rings. The van der Waals surface area contributed by atoms with E-state index in [1.54, 1.807) is 6.07 Å². The van der Waals surface area contributed by atoms with Crippen molar-refractivity contribution in [1.29, 1.82) is 0 Å². The van der Waals surface area contributed by atoms with Crippen LogP contribution in [-0.4, -0.2) is 49.1 Å². The number of hydrogen-bond donors (Lipinski definition) is 1. The molecule has 1 aromatic heterocycles. The summed E-state index contributed by atoms with van der Waals surface area (Å²) < 4.78 is 5.90. The molecule has 6 heteroatoms. The van der Waals surface area contributed by atoms with Gasteiger partial charge in [0, 0.05) is 17.8 Å². The molecule has 0 amide bonds. The number of hydrogen-bond acceptors (Lipinski definition) is 6. The van der Waals surface area contributed by atoms with E-state index in [1.165, 1.54) is 12.8 Å². The molecule has 0 aliphatic rings. The van der Waals surface area contributed by atoms with Crippen molar-refractivity contribution in [1.82, 2.24) is 9.88 Å². The Morgan fingerprint density at radius 2 is 1.83 bits per heavy atom. The Bertz CT molecular complexity index is 964. The van der Waals surface area contributed by atoms with Crippen LogP contribution in [0, 0.1) is 0 Å². The summed E-state index contributed by atoms with van der Waals surface area (Å²) in [6.45, 7) is 1.82. The third kappa shape index (κ3) is 5.29. The van der Waals surface area contributed by atoms with Gasteiger partial charge in [-0.3, -0.25) is 9.59 Å². The normalized spacial score (nSPS) is 11.1. The van der Waals surface area contributed by atoms with Crippen molar-refractivity contribution >= 4 is 28.9 Å². The largest absolute Gasteiger partial charge is 0.435 e. The van der Waals surface area contributed by atoms with E-state index in [2.05, 4.69) is 29.3 Å². The van der Waals surface area contributed by atoms with Gasteiger partial charge in [-0.25, -0.2) is 4.98 Å². The Morgan fingerprint density at radius 1 is 1.07 bits per heavy atom. The number of rotatable bonds is 11. The fourth-order valence-corrected chi connectivity index (χ4v) is 3.28. The number of nitrogens with zero attached hydrogens (tertiary/aromatic N) is 2. The number of Topliss-reactive ketones (excluding diaryl/α,β-unsaturated/α-hetero) is 1. The zero-order valence-electron chi connectivity index (χ0n) is 17.0. The lowest BCUT2D eigenvalue weighted by Gasteiger charge is -2.11. The summed E-state index contributed by atoms with van der Waals surface area (Å²) in [6.07, 6.45) is 4.77. The quantitative estimate of drug-likeness (QED) is 0.225. The first-order valence-electron chi connectivity index (χ1n) is 9.97. The molecule has 0 saturated carbocycles. The number of ketones is 1. The highest BCUT2D eigenvalue weighted by molar-refractivity contribution is 6.37. The summed E-state index contributed by atoms with van der Waals surface area (Å²) in [4.78, 5) is 30.2. The molecule has 29 heavy (non-hydrogen) atoms. The van der Waals surface area contributed by atoms with Crippen LogP contribution in [0.25, 0.3) is 22.6 Å². The van der Waals surface area contributed by atoms with E-state index >= 15 is 0 Å². The molecule has 0 spiro atoms. The van der Waals surface area contributed by atoms with Gasteiger partial charge in [-0.2, -0.15) is 0 Å². The van der Waals surface area contributed by atoms with Gasteiger partial charge in [0.05, 0.1) is 5.56 Å². The number of benzene rings is 2. The highest BCUT2D eigenvalue weighted by Crippen LogP contribution is 2.31. The molecule has 0 unspecified atom stereocenters. The van der Waals surface area contributed by atoms with Crippen LogP contribution in [0.3, 0.4) is 0 Å². The standard InChI is InChI=1S/C23H27N3O3/c1-26(2)15-9-4-3-8-14-24-18-12-13-19-22(21(18)20(28)16-27)29-23(25-19)17-10-6-5-7-11-17/h5-7,10-13,16,24H,3-4,8-9,14-15H2,1-2H3. The molecule has 0 aliphatic carbocycles. The van der Waals surface area contributed by atoms with Gasteiger partial charge in [-0.05, 0) is 57.7 Å². The number of nitrogens with one attached hydrogen (secondary N) is 1. The molecule has 2 aromatic carbocycles. The van der Waals surface area contributed by atoms with Gasteiger partial charge < -0.3 is 14.6 Å². The number of carbonyl (C=O) groups excluding carboxylic acids is 2. The molecule has 152 valence electrons. The van der Waals surface area contributed by atoms with E-state index < -0.39 is 5.78 Å². The maximum Gasteiger partial charge on any atom is 0.231 e. The first-order chi connectivity index (χ1) is 14.1. The van der Waals surface area contributed by atoms with Crippen LogP contribution in [0.5, 0.6) is 0 Å². The Kier molecular flexibility index (Phi) is 7.14. The number of oxazole rings is 1. The minimum absolute atomic E-state index is 0.250. The highest BCUT2D eigenvalue weighted by atomic mass is 16.3. The van der Waals surface area contributed by atoms with Crippen LogP contribution >= 0.6 is 0 Å². The molecule has 0 bridgehead atoms. The van der Waals surface area contributed by atoms with E-state index in [4.69, 9.17) is 4.42 Å². The Morgan fingerprint density at radius 3 is 2.55 bits per heavy atom. The van der Waals surface area contributed by atoms with Crippen molar-refractivity contribution in [3.63, 3.8) is 0 Å². The molecule has 1 N–H and O–H groups in total. The molecule has 6 nitrogen and oxygen atoms in total. The molecule has 0 atom stereocenters. The van der Waals surface area contributed by atoms with E-state index in [0.29, 0.717) is 29.0 Å². The topological polar surface area (TPSA) is 75.4 Å². The van der Waals surface area contributed by atoms with Gasteiger partial charge >= 0.3 is 0 Å². The van der Waals surface area contributed by atoms with Crippen molar-refractivity contribution in [3.8, 4) is 11.5 Å². The predicted octanol–water partition coefficient (Wildman–Crippen LogP) is 4.41. The number of aromatic nitrogens is 1. The third-order valence-electron chi connectivity index (χ3n) is 4.78. The number of anilines is 1. The number of fused-ring (bicyclic) bond motifs is 1. The fraction of sp³-hybridized carbons (Fsp3) is 0.348. The molecule has 1 heterocycles. The minimum Gasteiger partial charge on any atom is -0.435 e. The van der Waals surface area contributed by atoms with Crippen LogP contribution in [0.15, 0.2) is 46.9 Å². The van der Waals surface area contributed by atoms with Crippen molar-refractivity contribution in [3.05, 3.63) is 48.0 Å². The molecule has 3 rings (SSSR count). The number of unbranched alkanes of at least 4 members (excludes halogenated alkanes) is 3. The summed E-state index contributed by atoms with van der Waals surface area (Å²) in [5, 5.41) is 3.29. The van der Waals surface area contributed by atoms with Gasteiger partial charge in [-0.1, -0.05) is 31.0 Å². The number of carbonyl (C=O) groups is 2. The first kappa shape index (κ1) is 20.7. The maximum absolute atomic E-state index is 12.3. The van der Waals surface area contributed by atoms with E-state index in [1.807, 2.05) is 36.4 Å². The smallest absolute Gasteiger partial charge is 0.231 e. The summed E-state index contributed by atoms with van der Waals surface area (Å²) in [7, 11) is 4.16. The van der Waals surface area contributed by atoms with Crippen molar-refractivity contribution in [2.24, 2.45) is 0 Å². The summed E-state index contributed by atoms with van der Waals surface area (Å²) in [5.41, 5.74) is 2.58. The zero-order valence-corrected chi connectivity index (χ0v) is 17.0. The second kappa shape index (κ2) is 9.98. The summed E-state index contributed by atoms with van der Waals surface area (Å²) >= 11 is 0. The Hall–Kier alpha value is -2.99. The monoisotopic (exact) mass is 393 g/mol. The lowest BCUT2D eigenvalue weighted by atomic mass is 10.1. The molecule has 3 aromatic rings. The lowest BCUT2D eigenvalue weighted by Crippen LogP contribution is -2.13. The van der Waals surface area contributed by atoms with E-state index in [-0.39, 0.29) is 5.56 Å². The van der Waals surface area contributed by atoms with Gasteiger partial charge in [0.15, 0.2) is 11.9 Å². The Labute approximate surface area is 170 Å². The van der Waals surface area contributed by atoms with E-state index in [9.17, 15) is 9.59 Å². The molecule has 0 saturated heterocycles. The third-order valence-corrected chi connectivity index (χ3v) is 4.78. The van der Waals surface area contributed by atoms with Gasteiger partial charge in [0.25, 0.3) is 0 Å². The van der Waals surface area contributed by atoms with Crippen molar-refractivity contribution < 1.29 is 14.0 Å². The summed E-state index contributed by atoms with van der Waals surface area (Å²) in [5.74, 6) is -0.182. The highest BCUT2D eigenvalue weighted by Gasteiger charge is 2.20. The van der Waals surface area contributed by atoms with Crippen LogP contribution in [-0.2, 0) is 4.79 Å². The first-order valence-corrected chi connectivity index (χ1v) is 9.97. The van der Waals surface area contributed by atoms with Gasteiger partial charge in [0.1, 0.15) is 5.52 Å². The van der Waals surface area contributed by atoms with Crippen LogP contribution < -0.4 is 5.32 Å². The van der Waals surface area contributed by atoms with Gasteiger partial charge in [-0.15, -0.1) is 0 Å². The van der Waals surface area contributed by atoms with Crippen LogP contribution in [0.4, 0.5) is 5.69 Å². The predicted molar refractivity (Wildman–Crippen MR) is 115 cm³/mol. The minimum atomic E-state index is -0.611. The van der Waals surface area contributed by atoms with E-state index in [0.717, 1.165) is 31.5 Å². The van der Waals surface area contributed by atoms with Crippen molar-refractivity contribution in [2.45, 2.75) is 25.7 Å². The van der Waals surface area contributed by atoms with Crippen molar-refractivity contribution in [2.75, 3.05) is 32.5 Å².